The number of allylic oxidation sites excluding steroid dienone is 2. The summed E-state index contributed by atoms with van der Waals surface area (Å²) in [6.45, 7) is 8.42. The summed E-state index contributed by atoms with van der Waals surface area (Å²) in [4.78, 5) is 87.8. The van der Waals surface area contributed by atoms with Crippen LogP contribution in [-0.2, 0) is 62.0 Å². The second kappa shape index (κ2) is 24.1. The molecule has 1 atom stereocenters. The Morgan fingerprint density at radius 1 is 0.760 bits per heavy atom. The van der Waals surface area contributed by atoms with Gasteiger partial charge in [-0.2, -0.15) is 0 Å². The fourth-order valence-electron chi connectivity index (χ4n) is 4.52. The van der Waals surface area contributed by atoms with Gasteiger partial charge in [0.15, 0.2) is 0 Å². The predicted molar refractivity (Wildman–Crippen MR) is 178 cm³/mol. The maximum atomic E-state index is 12.7. The fourth-order valence-corrected chi connectivity index (χ4v) is 4.52. The van der Waals surface area contributed by atoms with Crippen molar-refractivity contribution in [2.45, 2.75) is 39.7 Å². The van der Waals surface area contributed by atoms with Gasteiger partial charge in [-0.25, -0.2) is 0 Å². The molecule has 1 unspecified atom stereocenters. The summed E-state index contributed by atoms with van der Waals surface area (Å²) in [7, 11) is 1.44. The Morgan fingerprint density at radius 3 is 1.76 bits per heavy atom. The van der Waals surface area contributed by atoms with Gasteiger partial charge in [-0.05, 0) is 39.8 Å². The highest BCUT2D eigenvalue weighted by Gasteiger charge is 2.41. The first-order valence-electron chi connectivity index (χ1n) is 16.2. The third kappa shape index (κ3) is 18.6. The average molecular weight is 710 g/mol. The zero-order chi connectivity index (χ0) is 37.4. The van der Waals surface area contributed by atoms with Crippen molar-refractivity contribution >= 4 is 42.3 Å². The molecule has 0 saturated heterocycles. The Hall–Kier alpha value is -4.09. The Bertz CT molecular complexity index is 1190. The number of ether oxygens (including phenoxy) is 6. The molecule has 1 aliphatic heterocycles. The number of imide groups is 2. The highest BCUT2D eigenvalue weighted by Crippen LogP contribution is 2.25. The summed E-state index contributed by atoms with van der Waals surface area (Å²) in [5.41, 5.74) is -1.85. The van der Waals surface area contributed by atoms with E-state index >= 15 is 0 Å². The quantitative estimate of drug-likeness (QED) is 0.0378. The van der Waals surface area contributed by atoms with E-state index in [9.17, 15) is 33.6 Å². The Labute approximate surface area is 293 Å². The van der Waals surface area contributed by atoms with Gasteiger partial charge in [-0.1, -0.05) is 6.08 Å². The monoisotopic (exact) mass is 709 g/mol. The van der Waals surface area contributed by atoms with E-state index in [0.717, 1.165) is 34.1 Å². The molecule has 280 valence electrons. The van der Waals surface area contributed by atoms with Gasteiger partial charge in [0.05, 0.1) is 72.5 Å². The van der Waals surface area contributed by atoms with Gasteiger partial charge in [-0.3, -0.25) is 43.4 Å². The van der Waals surface area contributed by atoms with Crippen LogP contribution in [0.25, 0.3) is 0 Å². The van der Waals surface area contributed by atoms with E-state index in [-0.39, 0.29) is 71.7 Å². The van der Waals surface area contributed by atoms with Gasteiger partial charge >= 0.3 is 5.97 Å². The topological polar surface area (TPSA) is 185 Å². The maximum absolute atomic E-state index is 12.7. The normalized spacial score (nSPS) is 14.4. The highest BCUT2D eigenvalue weighted by atomic mass is 16.6. The van der Waals surface area contributed by atoms with Crippen LogP contribution in [0.3, 0.4) is 0 Å². The molecule has 50 heavy (non-hydrogen) atoms. The van der Waals surface area contributed by atoms with Crippen LogP contribution < -0.4 is 0 Å². The predicted octanol–water partition coefficient (Wildman–Crippen LogP) is 0.487. The summed E-state index contributed by atoms with van der Waals surface area (Å²) in [6.07, 6.45) is 7.84. The lowest BCUT2D eigenvalue weighted by Gasteiger charge is -2.40. The summed E-state index contributed by atoms with van der Waals surface area (Å²) >= 11 is 0. The van der Waals surface area contributed by atoms with Crippen molar-refractivity contribution in [3.63, 3.8) is 0 Å². The van der Waals surface area contributed by atoms with Crippen molar-refractivity contribution in [1.29, 1.82) is 0 Å². The number of amides is 5. The van der Waals surface area contributed by atoms with E-state index in [1.165, 1.54) is 24.1 Å². The molecular formula is C34H51N3O13. The molecule has 1 rings (SSSR count). The van der Waals surface area contributed by atoms with Gasteiger partial charge in [0, 0.05) is 50.3 Å². The third-order valence-electron chi connectivity index (χ3n) is 6.65. The SMILES string of the molecule is C/C=C\C(=O)N(C=O)CC(COCCOCCOCCOCCOCCC(=O)OC(C)(C)C)(CN(C)C(=O)/C=C\C=O)CN1C(=O)C=CC1=O. The molecule has 5 amide bonds. The number of likely N-dealkylation sites (N-methyl/N-ethyl adjacent to an activating group) is 1. The number of hydrogen-bond acceptors (Lipinski definition) is 13. The minimum Gasteiger partial charge on any atom is -0.460 e. The standard InChI is InChI=1S/C34H51N3O13/c1-6-8-29(41)36(27-39)24-34(23-35(5)28(40)9-7-13-38,25-37-30(42)10-11-31(37)43)26-49-22-21-48-20-19-47-18-17-46-16-15-45-14-12-32(44)50-33(2,3)4/h6-11,13,27H,12,14-26H2,1-5H3/b8-6-,9-7-. The zero-order valence-electron chi connectivity index (χ0n) is 29.7. The van der Waals surface area contributed by atoms with Crippen LogP contribution in [0.1, 0.15) is 34.1 Å². The number of hydrogen-bond donors (Lipinski definition) is 0. The molecule has 0 saturated carbocycles. The van der Waals surface area contributed by atoms with Gasteiger partial charge in [0.25, 0.3) is 17.7 Å². The smallest absolute Gasteiger partial charge is 0.308 e. The third-order valence-corrected chi connectivity index (χ3v) is 6.65. The van der Waals surface area contributed by atoms with Gasteiger partial charge < -0.3 is 33.3 Å². The fraction of sp³-hybridized carbons (Fsp3) is 0.618. The Balaban J connectivity index is 2.61. The van der Waals surface area contributed by atoms with E-state index in [1.54, 1.807) is 27.7 Å². The molecule has 0 aromatic rings. The minimum atomic E-state index is -1.32. The van der Waals surface area contributed by atoms with Crippen LogP contribution in [0, 0.1) is 5.41 Å². The van der Waals surface area contributed by atoms with Crippen molar-refractivity contribution in [3.8, 4) is 0 Å². The summed E-state index contributed by atoms with van der Waals surface area (Å²) in [6, 6.07) is 0. The molecule has 1 aliphatic rings. The molecule has 0 radical (unpaired) electrons. The lowest BCUT2D eigenvalue weighted by molar-refractivity contribution is -0.156. The highest BCUT2D eigenvalue weighted by molar-refractivity contribution is 6.13. The van der Waals surface area contributed by atoms with Crippen molar-refractivity contribution < 1.29 is 62.0 Å². The van der Waals surface area contributed by atoms with Gasteiger partial charge in [0.1, 0.15) is 11.9 Å². The van der Waals surface area contributed by atoms with E-state index in [4.69, 9.17) is 28.4 Å². The first kappa shape index (κ1) is 43.9. The molecular weight excluding hydrogens is 658 g/mol. The molecule has 0 aromatic heterocycles. The molecule has 0 aromatic carbocycles. The van der Waals surface area contributed by atoms with E-state index < -0.39 is 34.6 Å². The van der Waals surface area contributed by atoms with Gasteiger partial charge in [-0.15, -0.1) is 0 Å². The molecule has 0 aliphatic carbocycles. The summed E-state index contributed by atoms with van der Waals surface area (Å²) in [5.74, 6) is -2.71. The number of carbonyl (C=O) groups is 7. The molecule has 1 heterocycles. The first-order chi connectivity index (χ1) is 23.8. The van der Waals surface area contributed by atoms with E-state index in [1.807, 2.05) is 0 Å². The molecule has 0 fully saturated rings. The van der Waals surface area contributed by atoms with Gasteiger partial charge in [0.2, 0.25) is 12.3 Å². The number of esters is 1. The van der Waals surface area contributed by atoms with Crippen LogP contribution >= 0.6 is 0 Å². The lowest BCUT2D eigenvalue weighted by Crippen LogP contribution is -2.56. The largest absolute Gasteiger partial charge is 0.460 e. The molecule has 0 N–H and O–H groups in total. The number of carbonyl (C=O) groups excluding carboxylic acids is 7. The van der Waals surface area contributed by atoms with E-state index in [2.05, 4.69) is 0 Å². The van der Waals surface area contributed by atoms with Crippen LogP contribution in [-0.4, -0.2) is 155 Å². The number of nitrogens with zero attached hydrogens (tertiary/aromatic N) is 3. The maximum Gasteiger partial charge on any atom is 0.308 e. The lowest BCUT2D eigenvalue weighted by atomic mass is 9.86. The Kier molecular flexibility index (Phi) is 21.2. The second-order valence-electron chi connectivity index (χ2n) is 12.2. The second-order valence-corrected chi connectivity index (χ2v) is 12.2. The van der Waals surface area contributed by atoms with Crippen molar-refractivity contribution in [2.75, 3.05) is 92.8 Å². The average Bonchev–Trinajstić information content (AvgIpc) is 3.36. The van der Waals surface area contributed by atoms with Crippen LogP contribution in [0.15, 0.2) is 36.5 Å². The minimum absolute atomic E-state index is 0.0610. The zero-order valence-corrected chi connectivity index (χ0v) is 29.7. The van der Waals surface area contributed by atoms with Crippen molar-refractivity contribution in [3.05, 3.63) is 36.5 Å². The van der Waals surface area contributed by atoms with E-state index in [0.29, 0.717) is 39.1 Å². The summed E-state index contributed by atoms with van der Waals surface area (Å²) < 4.78 is 32.9. The molecule has 16 nitrogen and oxygen atoms in total. The van der Waals surface area contributed by atoms with Crippen LogP contribution in [0.5, 0.6) is 0 Å². The molecule has 0 spiro atoms. The van der Waals surface area contributed by atoms with Crippen molar-refractivity contribution in [2.24, 2.45) is 5.41 Å². The molecule has 16 heteroatoms. The van der Waals surface area contributed by atoms with Crippen LogP contribution in [0.2, 0.25) is 0 Å². The number of rotatable bonds is 27. The summed E-state index contributed by atoms with van der Waals surface area (Å²) in [5, 5.41) is 0. The van der Waals surface area contributed by atoms with Crippen molar-refractivity contribution in [1.82, 2.24) is 14.7 Å². The Morgan fingerprint density at radius 2 is 1.28 bits per heavy atom. The van der Waals surface area contributed by atoms with Crippen LogP contribution in [0.4, 0.5) is 0 Å². The first-order valence-corrected chi connectivity index (χ1v) is 16.2. The molecule has 0 bridgehead atoms. The number of aldehydes is 1.